The molecule has 0 heterocycles. The van der Waals surface area contributed by atoms with E-state index in [0.717, 1.165) is 10.0 Å². The molecule has 1 amide bonds. The van der Waals surface area contributed by atoms with E-state index in [1.54, 1.807) is 18.9 Å². The third-order valence-electron chi connectivity index (χ3n) is 2.07. The zero-order chi connectivity index (χ0) is 11.4. The third kappa shape index (κ3) is 3.87. The van der Waals surface area contributed by atoms with Crippen molar-refractivity contribution >= 4 is 34.5 Å². The summed E-state index contributed by atoms with van der Waals surface area (Å²) in [6.07, 6.45) is 0. The number of amides is 1. The van der Waals surface area contributed by atoms with E-state index in [2.05, 4.69) is 28.6 Å². The largest absolute Gasteiger partial charge is 0.340 e. The normalized spacial score (nSPS) is 12.3. The van der Waals surface area contributed by atoms with Crippen LogP contribution in [-0.4, -0.2) is 23.1 Å². The zero-order valence-electron chi connectivity index (χ0n) is 8.77. The Morgan fingerprint density at radius 1 is 1.47 bits per heavy atom. The molecule has 1 atom stereocenters. The van der Waals surface area contributed by atoms with E-state index in [4.69, 9.17) is 0 Å². The number of halogens is 1. The topological polar surface area (TPSA) is 20.3 Å². The monoisotopic (exact) mass is 287 g/mol. The second kappa shape index (κ2) is 5.56. The van der Waals surface area contributed by atoms with Crippen LogP contribution < -0.4 is 0 Å². The van der Waals surface area contributed by atoms with Gasteiger partial charge in [0.25, 0.3) is 0 Å². The Balaban J connectivity index is 2.62. The predicted molar refractivity (Wildman–Crippen MR) is 69.1 cm³/mol. The van der Waals surface area contributed by atoms with Gasteiger partial charge >= 0.3 is 0 Å². The van der Waals surface area contributed by atoms with Crippen molar-refractivity contribution in [1.29, 1.82) is 0 Å². The van der Waals surface area contributed by atoms with Gasteiger partial charge in [0.05, 0.1) is 5.25 Å². The van der Waals surface area contributed by atoms with E-state index in [1.807, 2.05) is 24.3 Å². The minimum absolute atomic E-state index is 0.0428. The highest BCUT2D eigenvalue weighted by molar-refractivity contribution is 9.10. The first-order valence-corrected chi connectivity index (χ1v) is 5.99. The highest BCUT2D eigenvalue weighted by atomic mass is 79.9. The van der Waals surface area contributed by atoms with Gasteiger partial charge in [-0.3, -0.25) is 4.79 Å². The average molecular weight is 288 g/mol. The van der Waals surface area contributed by atoms with Crippen LogP contribution >= 0.6 is 28.6 Å². The molecule has 0 radical (unpaired) electrons. The van der Waals surface area contributed by atoms with Crippen molar-refractivity contribution < 1.29 is 4.79 Å². The van der Waals surface area contributed by atoms with Crippen molar-refractivity contribution in [1.82, 2.24) is 4.90 Å². The van der Waals surface area contributed by atoms with Crippen LogP contribution in [0.5, 0.6) is 0 Å². The van der Waals surface area contributed by atoms with Crippen molar-refractivity contribution in [2.75, 3.05) is 7.05 Å². The van der Waals surface area contributed by atoms with E-state index < -0.39 is 0 Å². The zero-order valence-corrected chi connectivity index (χ0v) is 11.3. The molecule has 0 saturated carbocycles. The molecule has 2 nitrogen and oxygen atoms in total. The Morgan fingerprint density at radius 3 is 2.47 bits per heavy atom. The predicted octanol–water partition coefficient (Wildman–Crippen LogP) is 2.73. The lowest BCUT2D eigenvalue weighted by Crippen LogP contribution is -2.31. The molecule has 4 heteroatoms. The van der Waals surface area contributed by atoms with Crippen molar-refractivity contribution in [3.05, 3.63) is 34.3 Å². The molecule has 1 rings (SSSR count). The number of benzene rings is 1. The molecule has 15 heavy (non-hydrogen) atoms. The molecule has 1 unspecified atom stereocenters. The van der Waals surface area contributed by atoms with Gasteiger partial charge in [0, 0.05) is 18.1 Å². The van der Waals surface area contributed by atoms with Crippen molar-refractivity contribution in [2.24, 2.45) is 0 Å². The molecule has 0 spiro atoms. The summed E-state index contributed by atoms with van der Waals surface area (Å²) in [7, 11) is 1.79. The average Bonchev–Trinajstić information content (AvgIpc) is 2.20. The maximum atomic E-state index is 11.6. The van der Waals surface area contributed by atoms with Gasteiger partial charge in [-0.2, -0.15) is 12.6 Å². The summed E-state index contributed by atoms with van der Waals surface area (Å²) in [6, 6.07) is 7.93. The highest BCUT2D eigenvalue weighted by Crippen LogP contribution is 2.12. The third-order valence-corrected chi connectivity index (χ3v) is 2.82. The first-order valence-electron chi connectivity index (χ1n) is 4.68. The van der Waals surface area contributed by atoms with E-state index in [9.17, 15) is 4.79 Å². The van der Waals surface area contributed by atoms with Crippen LogP contribution in [0.2, 0.25) is 0 Å². The number of carbonyl (C=O) groups is 1. The lowest BCUT2D eigenvalue weighted by atomic mass is 10.2. The molecule has 0 fully saturated rings. The molecule has 82 valence electrons. The summed E-state index contributed by atoms with van der Waals surface area (Å²) < 4.78 is 1.04. The van der Waals surface area contributed by atoms with Gasteiger partial charge < -0.3 is 4.90 Å². The lowest BCUT2D eigenvalue weighted by Gasteiger charge is -2.18. The Morgan fingerprint density at radius 2 is 2.00 bits per heavy atom. The summed E-state index contributed by atoms with van der Waals surface area (Å²) in [6.45, 7) is 2.40. The summed E-state index contributed by atoms with van der Waals surface area (Å²) in [5.74, 6) is 0.0428. The molecule has 0 bridgehead atoms. The number of hydrogen-bond acceptors (Lipinski definition) is 2. The summed E-state index contributed by atoms with van der Waals surface area (Å²) in [5.41, 5.74) is 1.11. The van der Waals surface area contributed by atoms with Gasteiger partial charge in [0.2, 0.25) is 5.91 Å². The molecule has 0 aromatic heterocycles. The molecule has 0 N–H and O–H groups in total. The maximum Gasteiger partial charge on any atom is 0.235 e. The van der Waals surface area contributed by atoms with Crippen LogP contribution in [0.25, 0.3) is 0 Å². The second-order valence-electron chi connectivity index (χ2n) is 3.50. The van der Waals surface area contributed by atoms with E-state index in [1.165, 1.54) is 0 Å². The van der Waals surface area contributed by atoms with E-state index in [-0.39, 0.29) is 11.2 Å². The molecule has 0 aliphatic carbocycles. The minimum Gasteiger partial charge on any atom is -0.340 e. The van der Waals surface area contributed by atoms with Crippen LogP contribution in [0.1, 0.15) is 12.5 Å². The smallest absolute Gasteiger partial charge is 0.235 e. The van der Waals surface area contributed by atoms with Crippen molar-refractivity contribution in [2.45, 2.75) is 18.7 Å². The van der Waals surface area contributed by atoms with Crippen molar-refractivity contribution in [3.63, 3.8) is 0 Å². The molecule has 1 aromatic rings. The van der Waals surface area contributed by atoms with Gasteiger partial charge in [-0.15, -0.1) is 0 Å². The second-order valence-corrected chi connectivity index (χ2v) is 5.19. The summed E-state index contributed by atoms with van der Waals surface area (Å²) >= 11 is 7.49. The van der Waals surface area contributed by atoms with Gasteiger partial charge in [-0.25, -0.2) is 0 Å². The lowest BCUT2D eigenvalue weighted by molar-refractivity contribution is -0.129. The van der Waals surface area contributed by atoms with Crippen LogP contribution in [0, 0.1) is 0 Å². The number of nitrogens with zero attached hydrogens (tertiary/aromatic N) is 1. The molecule has 0 aliphatic heterocycles. The quantitative estimate of drug-likeness (QED) is 0.848. The fourth-order valence-corrected chi connectivity index (χ4v) is 1.72. The number of rotatable bonds is 3. The fraction of sp³-hybridized carbons (Fsp3) is 0.364. The van der Waals surface area contributed by atoms with Crippen LogP contribution in [0.3, 0.4) is 0 Å². The minimum atomic E-state index is -0.245. The van der Waals surface area contributed by atoms with Gasteiger partial charge in [-0.1, -0.05) is 28.1 Å². The molecule has 0 saturated heterocycles. The van der Waals surface area contributed by atoms with Gasteiger partial charge in [0.15, 0.2) is 0 Å². The SMILES string of the molecule is CC(S)C(=O)N(C)Cc1ccc(Br)cc1. The first kappa shape index (κ1) is 12.6. The van der Waals surface area contributed by atoms with Crippen LogP contribution in [0.4, 0.5) is 0 Å². The molecular weight excluding hydrogens is 274 g/mol. The standard InChI is InChI=1S/C11H14BrNOS/c1-8(15)11(14)13(2)7-9-3-5-10(12)6-4-9/h3-6,8,15H,7H2,1-2H3. The Labute approximate surface area is 104 Å². The molecule has 1 aromatic carbocycles. The number of carbonyl (C=O) groups excluding carboxylic acids is 1. The Bertz CT molecular complexity index is 337. The first-order chi connectivity index (χ1) is 7.00. The summed E-state index contributed by atoms with van der Waals surface area (Å²) in [5, 5.41) is -0.245. The number of hydrogen-bond donors (Lipinski definition) is 1. The Hall–Kier alpha value is -0.480. The Kier molecular flexibility index (Phi) is 4.67. The highest BCUT2D eigenvalue weighted by Gasteiger charge is 2.13. The fourth-order valence-electron chi connectivity index (χ4n) is 1.26. The van der Waals surface area contributed by atoms with Crippen molar-refractivity contribution in [3.8, 4) is 0 Å². The molecule has 0 aliphatic rings. The van der Waals surface area contributed by atoms with Gasteiger partial charge in [-0.05, 0) is 24.6 Å². The van der Waals surface area contributed by atoms with Crippen LogP contribution in [0.15, 0.2) is 28.7 Å². The van der Waals surface area contributed by atoms with E-state index >= 15 is 0 Å². The molecular formula is C11H14BrNOS. The number of thiol groups is 1. The van der Waals surface area contributed by atoms with E-state index in [0.29, 0.717) is 6.54 Å². The van der Waals surface area contributed by atoms with Gasteiger partial charge in [0.1, 0.15) is 0 Å². The summed E-state index contributed by atoms with van der Waals surface area (Å²) in [4.78, 5) is 13.2. The van der Waals surface area contributed by atoms with Crippen LogP contribution in [-0.2, 0) is 11.3 Å². The maximum absolute atomic E-state index is 11.6.